The van der Waals surface area contributed by atoms with Crippen molar-refractivity contribution in [3.05, 3.63) is 36.5 Å². The Bertz CT molecular complexity index is 517. The summed E-state index contributed by atoms with van der Waals surface area (Å²) in [6.45, 7) is 2.49. The van der Waals surface area contributed by atoms with Crippen LogP contribution in [0.1, 0.15) is 12.8 Å². The van der Waals surface area contributed by atoms with Crippen LogP contribution in [-0.4, -0.2) is 24.7 Å². The summed E-state index contributed by atoms with van der Waals surface area (Å²) < 4.78 is 5.60. The van der Waals surface area contributed by atoms with Gasteiger partial charge in [0.15, 0.2) is 0 Å². The Kier molecular flexibility index (Phi) is 3.42. The molecule has 1 aliphatic rings. The van der Waals surface area contributed by atoms with Crippen LogP contribution >= 0.6 is 0 Å². The molecule has 1 aromatic heterocycles. The van der Waals surface area contributed by atoms with Crippen LogP contribution in [0.3, 0.4) is 0 Å². The van der Waals surface area contributed by atoms with Crippen LogP contribution in [0, 0.1) is 5.92 Å². The van der Waals surface area contributed by atoms with Gasteiger partial charge in [0.1, 0.15) is 5.82 Å². The van der Waals surface area contributed by atoms with Crippen molar-refractivity contribution in [3.8, 4) is 0 Å². The van der Waals surface area contributed by atoms with Gasteiger partial charge in [0, 0.05) is 24.7 Å². The van der Waals surface area contributed by atoms with Crippen LogP contribution < -0.4 is 5.32 Å². The van der Waals surface area contributed by atoms with Gasteiger partial charge in [-0.05, 0) is 30.2 Å². The second-order valence-electron chi connectivity index (χ2n) is 4.83. The Hall–Kier alpha value is -1.61. The van der Waals surface area contributed by atoms with E-state index in [4.69, 9.17) is 4.74 Å². The van der Waals surface area contributed by atoms with Crippen molar-refractivity contribution in [1.82, 2.24) is 4.98 Å². The second-order valence-corrected chi connectivity index (χ2v) is 4.83. The number of ether oxygens (including phenoxy) is 1. The zero-order valence-electron chi connectivity index (χ0n) is 10.4. The largest absolute Gasteiger partial charge is 0.379 e. The highest BCUT2D eigenvalue weighted by atomic mass is 16.5. The van der Waals surface area contributed by atoms with Crippen molar-refractivity contribution in [1.29, 1.82) is 0 Å². The zero-order chi connectivity index (χ0) is 12.2. The van der Waals surface area contributed by atoms with Gasteiger partial charge in [-0.2, -0.15) is 0 Å². The van der Waals surface area contributed by atoms with Gasteiger partial charge in [-0.3, -0.25) is 0 Å². The van der Waals surface area contributed by atoms with Gasteiger partial charge >= 0.3 is 0 Å². The summed E-state index contributed by atoms with van der Waals surface area (Å²) in [4.78, 5) is 4.39. The van der Waals surface area contributed by atoms with Crippen LogP contribution in [0.2, 0.25) is 0 Å². The SMILES string of the molecule is c1ccc2c(NCCOCC3CC3)nccc2c1. The van der Waals surface area contributed by atoms with Gasteiger partial charge in [0.2, 0.25) is 0 Å². The summed E-state index contributed by atoms with van der Waals surface area (Å²) in [6.07, 6.45) is 4.53. The highest BCUT2D eigenvalue weighted by molar-refractivity contribution is 5.91. The maximum absolute atomic E-state index is 5.60. The van der Waals surface area contributed by atoms with Crippen molar-refractivity contribution in [2.75, 3.05) is 25.1 Å². The Balaban J connectivity index is 1.56. The van der Waals surface area contributed by atoms with Crippen LogP contribution in [0.25, 0.3) is 10.8 Å². The maximum Gasteiger partial charge on any atom is 0.133 e. The van der Waals surface area contributed by atoms with E-state index in [0.29, 0.717) is 0 Å². The highest BCUT2D eigenvalue weighted by Crippen LogP contribution is 2.28. The van der Waals surface area contributed by atoms with Crippen molar-refractivity contribution >= 4 is 16.6 Å². The molecule has 1 aromatic carbocycles. The zero-order valence-corrected chi connectivity index (χ0v) is 10.4. The molecule has 3 rings (SSSR count). The number of fused-ring (bicyclic) bond motifs is 1. The summed E-state index contributed by atoms with van der Waals surface area (Å²) in [5.74, 6) is 1.78. The van der Waals surface area contributed by atoms with E-state index in [1.165, 1.54) is 23.6 Å². The van der Waals surface area contributed by atoms with E-state index in [0.717, 1.165) is 31.5 Å². The molecule has 2 aromatic rings. The Morgan fingerprint density at radius 2 is 2.11 bits per heavy atom. The average Bonchev–Trinajstić information content (AvgIpc) is 3.23. The fraction of sp³-hybridized carbons (Fsp3) is 0.400. The lowest BCUT2D eigenvalue weighted by molar-refractivity contribution is 0.134. The fourth-order valence-corrected chi connectivity index (χ4v) is 2.04. The lowest BCUT2D eigenvalue weighted by atomic mass is 10.1. The first-order valence-electron chi connectivity index (χ1n) is 6.59. The average molecular weight is 242 g/mol. The van der Waals surface area contributed by atoms with E-state index < -0.39 is 0 Å². The number of rotatable bonds is 6. The van der Waals surface area contributed by atoms with Gasteiger partial charge in [-0.25, -0.2) is 4.98 Å². The van der Waals surface area contributed by atoms with E-state index in [-0.39, 0.29) is 0 Å². The molecule has 1 N–H and O–H groups in total. The normalized spacial score (nSPS) is 14.9. The first kappa shape index (κ1) is 11.5. The molecule has 3 nitrogen and oxygen atoms in total. The number of pyridine rings is 1. The summed E-state index contributed by atoms with van der Waals surface area (Å²) in [6, 6.07) is 10.3. The van der Waals surface area contributed by atoms with E-state index in [1.54, 1.807) is 0 Å². The molecule has 1 saturated carbocycles. The van der Waals surface area contributed by atoms with Crippen molar-refractivity contribution in [3.63, 3.8) is 0 Å². The van der Waals surface area contributed by atoms with Crippen molar-refractivity contribution < 1.29 is 4.74 Å². The molecule has 0 aliphatic heterocycles. The first-order chi connectivity index (χ1) is 8.93. The van der Waals surface area contributed by atoms with Crippen LogP contribution in [0.5, 0.6) is 0 Å². The third kappa shape index (κ3) is 2.79. The molecule has 0 unspecified atom stereocenters. The number of nitrogens with one attached hydrogen (secondary N) is 1. The van der Waals surface area contributed by atoms with Crippen molar-refractivity contribution in [2.45, 2.75) is 12.8 Å². The standard InChI is InChI=1S/C15H18N2O/c1-2-4-14-13(3-1)7-8-16-15(14)17-9-10-18-11-12-5-6-12/h1-4,7-8,12H,5-6,9-11H2,(H,16,17). The topological polar surface area (TPSA) is 34.1 Å². The highest BCUT2D eigenvalue weighted by Gasteiger charge is 2.20. The lowest BCUT2D eigenvalue weighted by Crippen LogP contribution is -2.11. The van der Waals surface area contributed by atoms with Crippen molar-refractivity contribution in [2.24, 2.45) is 5.92 Å². The Labute approximate surface area is 107 Å². The van der Waals surface area contributed by atoms with E-state index in [2.05, 4.69) is 22.4 Å². The molecule has 0 saturated heterocycles. The molecule has 0 radical (unpaired) electrons. The van der Waals surface area contributed by atoms with Crippen LogP contribution in [-0.2, 0) is 4.74 Å². The number of nitrogens with zero attached hydrogens (tertiary/aromatic N) is 1. The Morgan fingerprint density at radius 3 is 3.00 bits per heavy atom. The number of anilines is 1. The van der Waals surface area contributed by atoms with Crippen LogP contribution in [0.4, 0.5) is 5.82 Å². The molecule has 1 heterocycles. The first-order valence-corrected chi connectivity index (χ1v) is 6.59. The molecule has 1 fully saturated rings. The molecule has 1 aliphatic carbocycles. The summed E-state index contributed by atoms with van der Waals surface area (Å²) >= 11 is 0. The monoisotopic (exact) mass is 242 g/mol. The van der Waals surface area contributed by atoms with Gasteiger partial charge in [-0.1, -0.05) is 24.3 Å². The molecule has 3 heteroatoms. The number of aromatic nitrogens is 1. The quantitative estimate of drug-likeness (QED) is 0.790. The number of hydrogen-bond donors (Lipinski definition) is 1. The molecule has 18 heavy (non-hydrogen) atoms. The molecular weight excluding hydrogens is 224 g/mol. The predicted octanol–water partition coefficient (Wildman–Crippen LogP) is 3.07. The molecule has 0 amide bonds. The smallest absolute Gasteiger partial charge is 0.133 e. The third-order valence-corrected chi connectivity index (χ3v) is 3.26. The lowest BCUT2D eigenvalue weighted by Gasteiger charge is -2.08. The van der Waals surface area contributed by atoms with Crippen LogP contribution in [0.15, 0.2) is 36.5 Å². The minimum absolute atomic E-state index is 0.751. The minimum atomic E-state index is 0.751. The Morgan fingerprint density at radius 1 is 1.22 bits per heavy atom. The van der Waals surface area contributed by atoms with Gasteiger partial charge in [-0.15, -0.1) is 0 Å². The summed E-state index contributed by atoms with van der Waals surface area (Å²) in [7, 11) is 0. The molecule has 0 spiro atoms. The van der Waals surface area contributed by atoms with Gasteiger partial charge < -0.3 is 10.1 Å². The number of hydrogen-bond acceptors (Lipinski definition) is 3. The number of benzene rings is 1. The molecule has 94 valence electrons. The minimum Gasteiger partial charge on any atom is -0.379 e. The van der Waals surface area contributed by atoms with E-state index in [9.17, 15) is 0 Å². The van der Waals surface area contributed by atoms with Gasteiger partial charge in [0.05, 0.1) is 6.61 Å². The third-order valence-electron chi connectivity index (χ3n) is 3.26. The second kappa shape index (κ2) is 5.36. The van der Waals surface area contributed by atoms with E-state index >= 15 is 0 Å². The van der Waals surface area contributed by atoms with Gasteiger partial charge in [0.25, 0.3) is 0 Å². The van der Waals surface area contributed by atoms with E-state index in [1.807, 2.05) is 24.4 Å². The summed E-state index contributed by atoms with van der Waals surface area (Å²) in [5.41, 5.74) is 0. The fourth-order valence-electron chi connectivity index (χ4n) is 2.04. The molecule has 0 atom stereocenters. The molecular formula is C15H18N2O. The molecule has 0 bridgehead atoms. The predicted molar refractivity (Wildman–Crippen MR) is 73.8 cm³/mol. The maximum atomic E-state index is 5.60. The summed E-state index contributed by atoms with van der Waals surface area (Å²) in [5, 5.41) is 5.73.